The molecule has 8 nitrogen and oxygen atoms in total. The predicted octanol–water partition coefficient (Wildman–Crippen LogP) is 2.67. The summed E-state index contributed by atoms with van der Waals surface area (Å²) in [5.74, 6) is -1.95. The fourth-order valence-electron chi connectivity index (χ4n) is 4.34. The maximum Gasteiger partial charge on any atom is 0.338 e. The third-order valence-corrected chi connectivity index (χ3v) is 5.98. The van der Waals surface area contributed by atoms with Crippen molar-refractivity contribution in [2.45, 2.75) is 31.7 Å². The second-order valence-corrected chi connectivity index (χ2v) is 8.16. The highest BCUT2D eigenvalue weighted by Crippen LogP contribution is 2.29. The van der Waals surface area contributed by atoms with E-state index in [4.69, 9.17) is 9.47 Å². The first-order chi connectivity index (χ1) is 16.0. The van der Waals surface area contributed by atoms with Gasteiger partial charge in [0.05, 0.1) is 22.7 Å². The van der Waals surface area contributed by atoms with Gasteiger partial charge in [0.1, 0.15) is 0 Å². The molecule has 8 heteroatoms. The number of carbonyl (C=O) groups is 4. The zero-order valence-electron chi connectivity index (χ0n) is 18.5. The molecule has 172 valence electrons. The first-order valence-corrected chi connectivity index (χ1v) is 11.0. The topological polar surface area (TPSA) is 102 Å². The molecule has 4 rings (SSSR count). The summed E-state index contributed by atoms with van der Waals surface area (Å²) < 4.78 is 10.1. The smallest absolute Gasteiger partial charge is 0.338 e. The number of esters is 1. The molecule has 0 saturated heterocycles. The van der Waals surface area contributed by atoms with Crippen LogP contribution in [-0.2, 0) is 20.7 Å². The Hall–Kier alpha value is -3.52. The summed E-state index contributed by atoms with van der Waals surface area (Å²) in [7, 11) is 1.55. The van der Waals surface area contributed by atoms with Gasteiger partial charge in [0.25, 0.3) is 17.7 Å². The number of nitrogens with one attached hydrogen (secondary N) is 1. The molecule has 2 aromatic rings. The zero-order chi connectivity index (χ0) is 23.4. The van der Waals surface area contributed by atoms with Crippen LogP contribution >= 0.6 is 0 Å². The lowest BCUT2D eigenvalue weighted by Gasteiger charge is -2.26. The van der Waals surface area contributed by atoms with Crippen LogP contribution in [0.15, 0.2) is 42.5 Å². The fourth-order valence-corrected chi connectivity index (χ4v) is 4.34. The Kier molecular flexibility index (Phi) is 6.84. The van der Waals surface area contributed by atoms with Gasteiger partial charge in [0, 0.05) is 20.3 Å². The third kappa shape index (κ3) is 4.80. The molecule has 0 saturated carbocycles. The summed E-state index contributed by atoms with van der Waals surface area (Å²) in [5, 5.41) is 2.93. The van der Waals surface area contributed by atoms with Crippen molar-refractivity contribution in [3.8, 4) is 0 Å². The number of amides is 3. The molecule has 1 heterocycles. The molecule has 1 aliphatic carbocycles. The summed E-state index contributed by atoms with van der Waals surface area (Å²) in [4.78, 5) is 51.1. The van der Waals surface area contributed by atoms with Crippen LogP contribution in [-0.4, -0.2) is 55.5 Å². The second kappa shape index (κ2) is 9.95. The van der Waals surface area contributed by atoms with Crippen LogP contribution in [0.2, 0.25) is 0 Å². The van der Waals surface area contributed by atoms with Gasteiger partial charge in [-0.25, -0.2) is 4.79 Å². The third-order valence-electron chi connectivity index (χ3n) is 5.98. The molecule has 33 heavy (non-hydrogen) atoms. The van der Waals surface area contributed by atoms with E-state index >= 15 is 0 Å². The SMILES string of the molecule is COCCCN1C(=O)c2ccc(C(=O)OCC(=O)NC3CCCc4ccccc43)cc2C1=O. The molecule has 3 amide bonds. The Morgan fingerprint density at radius 2 is 1.88 bits per heavy atom. The number of hydrogen-bond donors (Lipinski definition) is 1. The number of aryl methyl sites for hydroxylation is 1. The van der Waals surface area contributed by atoms with Crippen LogP contribution in [0, 0.1) is 0 Å². The molecule has 2 aromatic carbocycles. The lowest BCUT2D eigenvalue weighted by Crippen LogP contribution is -2.34. The second-order valence-electron chi connectivity index (χ2n) is 8.16. The lowest BCUT2D eigenvalue weighted by atomic mass is 9.88. The Morgan fingerprint density at radius 3 is 2.70 bits per heavy atom. The fraction of sp³-hybridized carbons (Fsp3) is 0.360. The van der Waals surface area contributed by atoms with Crippen molar-refractivity contribution < 1.29 is 28.7 Å². The summed E-state index contributed by atoms with van der Waals surface area (Å²) >= 11 is 0. The van der Waals surface area contributed by atoms with E-state index in [9.17, 15) is 19.2 Å². The number of carbonyl (C=O) groups excluding carboxylic acids is 4. The van der Waals surface area contributed by atoms with Gasteiger partial charge in [-0.3, -0.25) is 19.3 Å². The number of methoxy groups -OCH3 is 1. The summed E-state index contributed by atoms with van der Waals surface area (Å²) in [6.45, 7) is 0.245. The van der Waals surface area contributed by atoms with Crippen LogP contribution < -0.4 is 5.32 Å². The van der Waals surface area contributed by atoms with E-state index in [1.807, 2.05) is 18.2 Å². The first-order valence-electron chi connectivity index (χ1n) is 11.0. The van der Waals surface area contributed by atoms with E-state index in [0.29, 0.717) is 13.0 Å². The largest absolute Gasteiger partial charge is 0.452 e. The molecule has 0 fully saturated rings. The van der Waals surface area contributed by atoms with E-state index in [-0.39, 0.29) is 35.2 Å². The quantitative estimate of drug-likeness (QED) is 0.377. The minimum Gasteiger partial charge on any atom is -0.452 e. The van der Waals surface area contributed by atoms with E-state index < -0.39 is 24.4 Å². The molecule has 0 bridgehead atoms. The van der Waals surface area contributed by atoms with E-state index in [0.717, 1.165) is 29.7 Å². The summed E-state index contributed by atoms with van der Waals surface area (Å²) in [6.07, 6.45) is 3.32. The van der Waals surface area contributed by atoms with Crippen LogP contribution in [0.5, 0.6) is 0 Å². The van der Waals surface area contributed by atoms with E-state index in [1.54, 1.807) is 7.11 Å². The normalized spacial score (nSPS) is 16.9. The number of rotatable bonds is 8. The molecule has 1 aliphatic heterocycles. The van der Waals surface area contributed by atoms with Crippen LogP contribution in [0.1, 0.15) is 67.5 Å². The Bertz CT molecular complexity index is 1100. The maximum absolute atomic E-state index is 12.6. The van der Waals surface area contributed by atoms with Crippen molar-refractivity contribution in [1.82, 2.24) is 10.2 Å². The summed E-state index contributed by atoms with van der Waals surface area (Å²) in [6, 6.07) is 12.1. The van der Waals surface area contributed by atoms with Crippen molar-refractivity contribution in [3.63, 3.8) is 0 Å². The molecule has 0 aromatic heterocycles. The van der Waals surface area contributed by atoms with Crippen molar-refractivity contribution in [2.75, 3.05) is 26.9 Å². The van der Waals surface area contributed by atoms with Gasteiger partial charge in [-0.15, -0.1) is 0 Å². The van der Waals surface area contributed by atoms with Gasteiger partial charge in [-0.05, 0) is 55.0 Å². The number of nitrogens with zero attached hydrogens (tertiary/aromatic N) is 1. The maximum atomic E-state index is 12.6. The van der Waals surface area contributed by atoms with Crippen molar-refractivity contribution in [3.05, 3.63) is 70.3 Å². The molecular weight excluding hydrogens is 424 g/mol. The predicted molar refractivity (Wildman–Crippen MR) is 119 cm³/mol. The van der Waals surface area contributed by atoms with Gasteiger partial charge in [-0.1, -0.05) is 24.3 Å². The van der Waals surface area contributed by atoms with Gasteiger partial charge < -0.3 is 14.8 Å². The average Bonchev–Trinajstić information content (AvgIpc) is 3.07. The Morgan fingerprint density at radius 1 is 1.09 bits per heavy atom. The molecule has 2 aliphatic rings. The van der Waals surface area contributed by atoms with E-state index in [1.165, 1.54) is 23.8 Å². The zero-order valence-corrected chi connectivity index (χ0v) is 18.5. The number of hydrogen-bond acceptors (Lipinski definition) is 6. The molecule has 1 atom stereocenters. The van der Waals surface area contributed by atoms with Crippen LogP contribution in [0.4, 0.5) is 0 Å². The monoisotopic (exact) mass is 450 g/mol. The van der Waals surface area contributed by atoms with Crippen LogP contribution in [0.25, 0.3) is 0 Å². The minimum atomic E-state index is -0.727. The molecular formula is C25H26N2O6. The average molecular weight is 450 g/mol. The highest BCUT2D eigenvalue weighted by atomic mass is 16.5. The van der Waals surface area contributed by atoms with Crippen molar-refractivity contribution in [1.29, 1.82) is 0 Å². The van der Waals surface area contributed by atoms with Gasteiger partial charge in [-0.2, -0.15) is 0 Å². The number of imide groups is 1. The van der Waals surface area contributed by atoms with Gasteiger partial charge in [0.2, 0.25) is 0 Å². The minimum absolute atomic E-state index is 0.103. The van der Waals surface area contributed by atoms with Crippen molar-refractivity contribution >= 4 is 23.7 Å². The first kappa shape index (κ1) is 22.7. The number of fused-ring (bicyclic) bond motifs is 2. The highest BCUT2D eigenvalue weighted by molar-refractivity contribution is 6.22. The van der Waals surface area contributed by atoms with Gasteiger partial charge >= 0.3 is 5.97 Å². The Labute approximate surface area is 191 Å². The molecule has 0 radical (unpaired) electrons. The Balaban J connectivity index is 1.35. The van der Waals surface area contributed by atoms with Crippen LogP contribution in [0.3, 0.4) is 0 Å². The standard InChI is InChI=1S/C25H26N2O6/c1-32-13-5-12-27-23(29)19-11-10-17(14-20(19)24(27)30)25(31)33-15-22(28)26-21-9-4-7-16-6-2-3-8-18(16)21/h2-3,6,8,10-11,14,21H,4-5,7,9,12-13,15H2,1H3,(H,26,28). The van der Waals surface area contributed by atoms with Crippen molar-refractivity contribution in [2.24, 2.45) is 0 Å². The molecule has 0 spiro atoms. The van der Waals surface area contributed by atoms with Gasteiger partial charge in [0.15, 0.2) is 6.61 Å². The highest BCUT2D eigenvalue weighted by Gasteiger charge is 2.35. The number of benzene rings is 2. The summed E-state index contributed by atoms with van der Waals surface area (Å²) in [5.41, 5.74) is 2.85. The number of ether oxygens (including phenoxy) is 2. The van der Waals surface area contributed by atoms with E-state index in [2.05, 4.69) is 11.4 Å². The molecule has 1 unspecified atom stereocenters. The lowest BCUT2D eigenvalue weighted by molar-refractivity contribution is -0.125. The molecule has 1 N–H and O–H groups in total.